The van der Waals surface area contributed by atoms with Gasteiger partial charge >= 0.3 is 0 Å². The zero-order valence-electron chi connectivity index (χ0n) is 13.9. The first-order chi connectivity index (χ1) is 11.5. The number of carbonyl (C=O) groups excluding carboxylic acids is 2. The summed E-state index contributed by atoms with van der Waals surface area (Å²) in [7, 11) is 0. The molecule has 1 aliphatic heterocycles. The van der Waals surface area contributed by atoms with Crippen LogP contribution in [0.15, 0.2) is 40.8 Å². The molecule has 0 bridgehead atoms. The molecule has 1 aliphatic rings. The lowest BCUT2D eigenvalue weighted by Gasteiger charge is -2.32. The van der Waals surface area contributed by atoms with Gasteiger partial charge in [-0.2, -0.15) is 0 Å². The molecule has 2 amide bonds. The summed E-state index contributed by atoms with van der Waals surface area (Å²) in [5, 5.41) is 2.86. The molecule has 0 spiro atoms. The van der Waals surface area contributed by atoms with Gasteiger partial charge in [-0.25, -0.2) is 0 Å². The molecule has 1 aromatic heterocycles. The number of nitrogens with one attached hydrogen (secondary N) is 1. The van der Waals surface area contributed by atoms with Gasteiger partial charge in [0.2, 0.25) is 5.91 Å². The second kappa shape index (κ2) is 6.39. The van der Waals surface area contributed by atoms with E-state index in [1.165, 1.54) is 4.90 Å². The van der Waals surface area contributed by atoms with E-state index in [4.69, 9.17) is 9.15 Å². The molecule has 0 aliphatic carbocycles. The van der Waals surface area contributed by atoms with E-state index < -0.39 is 6.10 Å². The summed E-state index contributed by atoms with van der Waals surface area (Å²) < 4.78 is 11.1. The summed E-state index contributed by atoms with van der Waals surface area (Å²) in [5.74, 6) is 1.59. The summed E-state index contributed by atoms with van der Waals surface area (Å²) in [6.45, 7) is 5.31. The van der Waals surface area contributed by atoms with Crippen LogP contribution in [-0.4, -0.2) is 24.5 Å². The molecule has 2 unspecified atom stereocenters. The lowest BCUT2D eigenvalue weighted by molar-refractivity contribution is -0.128. The molecule has 1 aromatic carbocycles. The number of fused-ring (bicyclic) bond motifs is 1. The van der Waals surface area contributed by atoms with Crippen molar-refractivity contribution in [2.75, 3.05) is 11.4 Å². The van der Waals surface area contributed by atoms with Gasteiger partial charge < -0.3 is 14.5 Å². The summed E-state index contributed by atoms with van der Waals surface area (Å²) in [6, 6.07) is 10.6. The highest BCUT2D eigenvalue weighted by Gasteiger charge is 2.32. The summed E-state index contributed by atoms with van der Waals surface area (Å²) >= 11 is 0. The number of rotatable bonds is 4. The second-order valence-corrected chi connectivity index (χ2v) is 5.89. The van der Waals surface area contributed by atoms with Crippen molar-refractivity contribution in [2.45, 2.75) is 32.9 Å². The van der Waals surface area contributed by atoms with Crippen molar-refractivity contribution in [3.63, 3.8) is 0 Å². The quantitative estimate of drug-likeness (QED) is 0.936. The molecule has 0 saturated carbocycles. The molecule has 2 heterocycles. The van der Waals surface area contributed by atoms with E-state index in [1.807, 2.05) is 38.1 Å². The highest BCUT2D eigenvalue weighted by Crippen LogP contribution is 2.33. The van der Waals surface area contributed by atoms with Crippen LogP contribution < -0.4 is 15.0 Å². The van der Waals surface area contributed by atoms with Crippen LogP contribution in [0.3, 0.4) is 0 Å². The fraction of sp³-hybridized carbons (Fsp3) is 0.333. The number of furan rings is 1. The molecule has 2 atom stereocenters. The van der Waals surface area contributed by atoms with E-state index in [9.17, 15) is 9.59 Å². The number of para-hydroxylation sites is 2. The van der Waals surface area contributed by atoms with E-state index in [1.54, 1.807) is 19.1 Å². The van der Waals surface area contributed by atoms with E-state index in [0.717, 1.165) is 5.76 Å². The number of hydrogen-bond donors (Lipinski definition) is 1. The Balaban J connectivity index is 1.72. The Morgan fingerprint density at radius 1 is 1.29 bits per heavy atom. The van der Waals surface area contributed by atoms with Crippen LogP contribution >= 0.6 is 0 Å². The predicted octanol–water partition coefficient (Wildman–Crippen LogP) is 2.58. The molecule has 0 radical (unpaired) electrons. The van der Waals surface area contributed by atoms with Gasteiger partial charge in [0.15, 0.2) is 6.10 Å². The summed E-state index contributed by atoms with van der Waals surface area (Å²) in [4.78, 5) is 26.2. The molecule has 3 rings (SSSR count). The summed E-state index contributed by atoms with van der Waals surface area (Å²) in [5.41, 5.74) is 0.609. The number of aryl methyl sites for hydroxylation is 1. The minimum Gasteiger partial charge on any atom is -0.479 e. The first-order valence-corrected chi connectivity index (χ1v) is 7.88. The molecule has 0 fully saturated rings. The molecule has 0 saturated heterocycles. The van der Waals surface area contributed by atoms with Gasteiger partial charge in [0, 0.05) is 0 Å². The van der Waals surface area contributed by atoms with Crippen LogP contribution in [0.4, 0.5) is 5.69 Å². The third-order valence-corrected chi connectivity index (χ3v) is 3.94. The average molecular weight is 328 g/mol. The molecule has 24 heavy (non-hydrogen) atoms. The SMILES string of the molecule is Cc1ccc(C(C)NC(=O)CN2C(=O)C(C)Oc3ccccc32)o1. The molecule has 2 aromatic rings. The fourth-order valence-electron chi connectivity index (χ4n) is 2.71. The topological polar surface area (TPSA) is 71.8 Å². The van der Waals surface area contributed by atoms with Gasteiger partial charge in [-0.15, -0.1) is 0 Å². The van der Waals surface area contributed by atoms with Crippen molar-refractivity contribution in [3.8, 4) is 5.75 Å². The Bertz CT molecular complexity index is 768. The van der Waals surface area contributed by atoms with Crippen molar-refractivity contribution >= 4 is 17.5 Å². The van der Waals surface area contributed by atoms with Crippen LogP contribution in [0.5, 0.6) is 5.75 Å². The molecule has 126 valence electrons. The van der Waals surface area contributed by atoms with Gasteiger partial charge in [0.25, 0.3) is 5.91 Å². The third-order valence-electron chi connectivity index (χ3n) is 3.94. The number of amides is 2. The van der Waals surface area contributed by atoms with Crippen LogP contribution in [0.1, 0.15) is 31.4 Å². The number of carbonyl (C=O) groups is 2. The number of anilines is 1. The smallest absolute Gasteiger partial charge is 0.268 e. The molecular weight excluding hydrogens is 308 g/mol. The van der Waals surface area contributed by atoms with E-state index >= 15 is 0 Å². The maximum atomic E-state index is 12.4. The third kappa shape index (κ3) is 3.13. The maximum Gasteiger partial charge on any atom is 0.268 e. The molecular formula is C18H20N2O4. The Morgan fingerprint density at radius 3 is 2.75 bits per heavy atom. The van der Waals surface area contributed by atoms with Gasteiger partial charge in [-0.05, 0) is 45.0 Å². The van der Waals surface area contributed by atoms with Gasteiger partial charge in [-0.1, -0.05) is 12.1 Å². The van der Waals surface area contributed by atoms with Crippen LogP contribution in [0.25, 0.3) is 0 Å². The first-order valence-electron chi connectivity index (χ1n) is 7.88. The molecule has 6 nitrogen and oxygen atoms in total. The van der Waals surface area contributed by atoms with E-state index in [-0.39, 0.29) is 24.4 Å². The Morgan fingerprint density at radius 2 is 2.04 bits per heavy atom. The van der Waals surface area contributed by atoms with E-state index in [2.05, 4.69) is 5.32 Å². The average Bonchev–Trinajstić information content (AvgIpc) is 2.98. The number of ether oxygens (including phenoxy) is 1. The largest absolute Gasteiger partial charge is 0.479 e. The first kappa shape index (κ1) is 16.1. The number of hydrogen-bond acceptors (Lipinski definition) is 4. The minimum absolute atomic E-state index is 0.0619. The fourth-order valence-corrected chi connectivity index (χ4v) is 2.71. The van der Waals surface area contributed by atoms with Crippen LogP contribution in [0.2, 0.25) is 0 Å². The Kier molecular flexibility index (Phi) is 4.29. The van der Waals surface area contributed by atoms with Crippen molar-refractivity contribution < 1.29 is 18.7 Å². The van der Waals surface area contributed by atoms with Crippen molar-refractivity contribution in [2.24, 2.45) is 0 Å². The Hall–Kier alpha value is -2.76. The van der Waals surface area contributed by atoms with Gasteiger partial charge in [-0.3, -0.25) is 14.5 Å². The maximum absolute atomic E-state index is 12.4. The number of nitrogens with zero attached hydrogens (tertiary/aromatic N) is 1. The van der Waals surface area contributed by atoms with Crippen LogP contribution in [0, 0.1) is 6.92 Å². The highest BCUT2D eigenvalue weighted by atomic mass is 16.5. The minimum atomic E-state index is -0.613. The lowest BCUT2D eigenvalue weighted by atomic mass is 10.2. The predicted molar refractivity (Wildman–Crippen MR) is 88.9 cm³/mol. The zero-order chi connectivity index (χ0) is 17.3. The zero-order valence-corrected chi connectivity index (χ0v) is 13.9. The normalized spacial score (nSPS) is 17.9. The van der Waals surface area contributed by atoms with Gasteiger partial charge in [0.05, 0.1) is 11.7 Å². The van der Waals surface area contributed by atoms with E-state index in [0.29, 0.717) is 17.2 Å². The Labute approximate surface area is 140 Å². The molecule has 6 heteroatoms. The standard InChI is InChI=1S/C18H20N2O4/c1-11-8-9-15(23-11)12(2)19-17(21)10-20-14-6-4-5-7-16(14)24-13(3)18(20)22/h4-9,12-13H,10H2,1-3H3,(H,19,21). The second-order valence-electron chi connectivity index (χ2n) is 5.89. The van der Waals surface area contributed by atoms with Crippen LogP contribution in [-0.2, 0) is 9.59 Å². The lowest BCUT2D eigenvalue weighted by Crippen LogP contribution is -2.49. The molecule has 1 N–H and O–H groups in total. The van der Waals surface area contributed by atoms with Crippen molar-refractivity contribution in [1.82, 2.24) is 5.32 Å². The monoisotopic (exact) mass is 328 g/mol. The van der Waals surface area contributed by atoms with Gasteiger partial charge in [0.1, 0.15) is 23.8 Å². The van der Waals surface area contributed by atoms with Crippen molar-refractivity contribution in [3.05, 3.63) is 47.9 Å². The highest BCUT2D eigenvalue weighted by molar-refractivity contribution is 6.03. The summed E-state index contributed by atoms with van der Waals surface area (Å²) in [6.07, 6.45) is -0.613. The number of benzene rings is 1. The van der Waals surface area contributed by atoms with Crippen molar-refractivity contribution in [1.29, 1.82) is 0 Å².